The van der Waals surface area contributed by atoms with Gasteiger partial charge in [-0.3, -0.25) is 4.90 Å². The molecule has 2 aliphatic heterocycles. The second-order valence-corrected chi connectivity index (χ2v) is 6.14. The summed E-state index contributed by atoms with van der Waals surface area (Å²) in [4.78, 5) is 7.14. The van der Waals surface area contributed by atoms with Gasteiger partial charge in [-0.25, -0.2) is 4.39 Å². The molecule has 5 heteroatoms. The molecule has 0 N–H and O–H groups in total. The first-order valence-electron chi connectivity index (χ1n) is 8.12. The Bertz CT molecular complexity index is 560. The lowest BCUT2D eigenvalue weighted by molar-refractivity contribution is 0.107. The van der Waals surface area contributed by atoms with Crippen molar-refractivity contribution in [2.75, 3.05) is 50.7 Å². The molecule has 0 bridgehead atoms. The van der Waals surface area contributed by atoms with Crippen LogP contribution < -0.4 is 4.90 Å². The van der Waals surface area contributed by atoms with Crippen molar-refractivity contribution in [3.05, 3.63) is 29.6 Å². The van der Waals surface area contributed by atoms with Crippen molar-refractivity contribution in [3.63, 3.8) is 0 Å². The van der Waals surface area contributed by atoms with Crippen molar-refractivity contribution in [1.82, 2.24) is 9.80 Å². The van der Waals surface area contributed by atoms with Crippen LogP contribution in [0.3, 0.4) is 0 Å². The van der Waals surface area contributed by atoms with E-state index < -0.39 is 0 Å². The summed E-state index contributed by atoms with van der Waals surface area (Å²) in [6, 6.07) is 7.28. The molecule has 2 heterocycles. The number of nitriles is 1. The van der Waals surface area contributed by atoms with E-state index in [1.165, 1.54) is 6.07 Å². The van der Waals surface area contributed by atoms with Crippen LogP contribution in [0.5, 0.6) is 0 Å². The van der Waals surface area contributed by atoms with Crippen LogP contribution in [0.2, 0.25) is 0 Å². The van der Waals surface area contributed by atoms with Gasteiger partial charge in [-0.1, -0.05) is 6.92 Å². The third kappa shape index (κ3) is 3.08. The van der Waals surface area contributed by atoms with E-state index in [4.69, 9.17) is 5.26 Å². The molecule has 0 amide bonds. The Morgan fingerprint density at radius 3 is 2.64 bits per heavy atom. The van der Waals surface area contributed by atoms with E-state index in [0.717, 1.165) is 52.2 Å². The second kappa shape index (κ2) is 6.64. The molecule has 2 aliphatic rings. The van der Waals surface area contributed by atoms with Crippen LogP contribution in [0.15, 0.2) is 18.2 Å². The van der Waals surface area contributed by atoms with Gasteiger partial charge in [0.1, 0.15) is 5.82 Å². The zero-order chi connectivity index (χ0) is 15.5. The Labute approximate surface area is 131 Å². The van der Waals surface area contributed by atoms with Gasteiger partial charge in [0, 0.05) is 45.3 Å². The summed E-state index contributed by atoms with van der Waals surface area (Å²) < 4.78 is 14.1. The molecule has 2 fully saturated rings. The van der Waals surface area contributed by atoms with Crippen LogP contribution in [-0.2, 0) is 0 Å². The minimum absolute atomic E-state index is 0.282. The van der Waals surface area contributed by atoms with E-state index in [1.807, 2.05) is 6.07 Å². The summed E-state index contributed by atoms with van der Waals surface area (Å²) in [5.74, 6) is -0.282. The summed E-state index contributed by atoms with van der Waals surface area (Å²) in [5.41, 5.74) is 1.02. The molecule has 1 aromatic carbocycles. The summed E-state index contributed by atoms with van der Waals surface area (Å²) in [5, 5.41) is 8.83. The van der Waals surface area contributed by atoms with Crippen molar-refractivity contribution >= 4 is 5.69 Å². The van der Waals surface area contributed by atoms with E-state index in [1.54, 1.807) is 12.1 Å². The maximum atomic E-state index is 14.1. The average molecular weight is 302 g/mol. The normalized spacial score (nSPS) is 23.7. The number of halogens is 1. The van der Waals surface area contributed by atoms with Gasteiger partial charge in [-0.05, 0) is 31.2 Å². The van der Waals surface area contributed by atoms with E-state index in [-0.39, 0.29) is 5.82 Å². The smallest absolute Gasteiger partial charge is 0.147 e. The predicted molar refractivity (Wildman–Crippen MR) is 85.4 cm³/mol. The quantitative estimate of drug-likeness (QED) is 0.854. The molecule has 1 atom stereocenters. The van der Waals surface area contributed by atoms with Gasteiger partial charge in [0.25, 0.3) is 0 Å². The molecule has 118 valence electrons. The highest BCUT2D eigenvalue weighted by molar-refractivity contribution is 5.52. The lowest BCUT2D eigenvalue weighted by atomic mass is 10.2. The standard InChI is InChI=1S/C17H23FN4/c1-2-20-7-9-21(10-8-20)15-5-6-22(13-15)17-4-3-14(12-19)11-16(17)18/h3-4,11,15H,2,5-10,13H2,1H3. The maximum absolute atomic E-state index is 14.1. The first-order chi connectivity index (χ1) is 10.7. The van der Waals surface area contributed by atoms with Crippen molar-refractivity contribution in [2.24, 2.45) is 0 Å². The van der Waals surface area contributed by atoms with Crippen LogP contribution in [0.1, 0.15) is 18.9 Å². The molecular formula is C17H23FN4. The zero-order valence-electron chi connectivity index (χ0n) is 13.1. The van der Waals surface area contributed by atoms with Gasteiger partial charge >= 0.3 is 0 Å². The van der Waals surface area contributed by atoms with Gasteiger partial charge in [-0.15, -0.1) is 0 Å². The third-order valence-corrected chi connectivity index (χ3v) is 4.95. The van der Waals surface area contributed by atoms with Gasteiger partial charge in [0.15, 0.2) is 0 Å². The molecule has 1 aromatic rings. The fourth-order valence-electron chi connectivity index (χ4n) is 3.54. The zero-order valence-corrected chi connectivity index (χ0v) is 13.1. The lowest BCUT2D eigenvalue weighted by Crippen LogP contribution is -2.50. The monoisotopic (exact) mass is 302 g/mol. The first-order valence-corrected chi connectivity index (χ1v) is 8.12. The highest BCUT2D eigenvalue weighted by Gasteiger charge is 2.30. The second-order valence-electron chi connectivity index (χ2n) is 6.14. The number of benzene rings is 1. The predicted octanol–water partition coefficient (Wildman–Crippen LogP) is 1.91. The minimum atomic E-state index is -0.282. The Morgan fingerprint density at radius 2 is 2.00 bits per heavy atom. The average Bonchev–Trinajstić information content (AvgIpc) is 3.04. The Kier molecular flexibility index (Phi) is 4.60. The summed E-state index contributed by atoms with van der Waals surface area (Å²) in [7, 11) is 0. The number of hydrogen-bond acceptors (Lipinski definition) is 4. The van der Waals surface area contributed by atoms with Crippen LogP contribution >= 0.6 is 0 Å². The number of rotatable bonds is 3. The first kappa shape index (κ1) is 15.3. The Hall–Kier alpha value is -1.64. The SMILES string of the molecule is CCN1CCN(C2CCN(c3ccc(C#N)cc3F)C2)CC1. The van der Waals surface area contributed by atoms with Gasteiger partial charge < -0.3 is 9.80 Å². The lowest BCUT2D eigenvalue weighted by Gasteiger charge is -2.37. The van der Waals surface area contributed by atoms with Crippen LogP contribution in [-0.4, -0.2) is 61.7 Å². The van der Waals surface area contributed by atoms with Crippen LogP contribution in [0, 0.1) is 17.1 Å². The highest BCUT2D eigenvalue weighted by Crippen LogP contribution is 2.26. The number of nitrogens with zero attached hydrogens (tertiary/aromatic N) is 4. The largest absolute Gasteiger partial charge is 0.368 e. The van der Waals surface area contributed by atoms with Gasteiger partial charge in [-0.2, -0.15) is 5.26 Å². The Morgan fingerprint density at radius 1 is 1.23 bits per heavy atom. The molecule has 0 spiro atoms. The molecule has 0 aliphatic carbocycles. The minimum Gasteiger partial charge on any atom is -0.368 e. The van der Waals surface area contributed by atoms with Gasteiger partial charge in [0.2, 0.25) is 0 Å². The summed E-state index contributed by atoms with van der Waals surface area (Å²) in [6.45, 7) is 9.61. The fraction of sp³-hybridized carbons (Fsp3) is 0.588. The van der Waals surface area contributed by atoms with Crippen molar-refractivity contribution in [1.29, 1.82) is 5.26 Å². The molecular weight excluding hydrogens is 279 g/mol. The van der Waals surface area contributed by atoms with E-state index in [9.17, 15) is 4.39 Å². The molecule has 0 aromatic heterocycles. The number of hydrogen-bond donors (Lipinski definition) is 0. The molecule has 0 saturated carbocycles. The van der Waals surface area contributed by atoms with Crippen molar-refractivity contribution in [2.45, 2.75) is 19.4 Å². The molecule has 22 heavy (non-hydrogen) atoms. The van der Waals surface area contributed by atoms with Gasteiger partial charge in [0.05, 0.1) is 17.3 Å². The maximum Gasteiger partial charge on any atom is 0.147 e. The summed E-state index contributed by atoms with van der Waals surface area (Å²) >= 11 is 0. The van der Waals surface area contributed by atoms with Crippen LogP contribution in [0.25, 0.3) is 0 Å². The topological polar surface area (TPSA) is 33.5 Å². The fourth-order valence-corrected chi connectivity index (χ4v) is 3.54. The van der Waals surface area contributed by atoms with E-state index in [0.29, 0.717) is 17.3 Å². The molecule has 0 radical (unpaired) electrons. The number of anilines is 1. The number of likely N-dealkylation sites (N-methyl/N-ethyl adjacent to an activating group) is 1. The highest BCUT2D eigenvalue weighted by atomic mass is 19.1. The summed E-state index contributed by atoms with van der Waals surface area (Å²) in [6.07, 6.45) is 1.09. The van der Waals surface area contributed by atoms with E-state index in [2.05, 4.69) is 21.6 Å². The molecule has 3 rings (SSSR count). The number of piperazine rings is 1. The third-order valence-electron chi connectivity index (χ3n) is 4.95. The molecule has 2 saturated heterocycles. The molecule has 1 unspecified atom stereocenters. The van der Waals surface area contributed by atoms with Crippen molar-refractivity contribution < 1.29 is 4.39 Å². The van der Waals surface area contributed by atoms with Crippen LogP contribution in [0.4, 0.5) is 10.1 Å². The Balaban J connectivity index is 1.62. The van der Waals surface area contributed by atoms with Crippen molar-refractivity contribution in [3.8, 4) is 6.07 Å². The molecule has 4 nitrogen and oxygen atoms in total. The van der Waals surface area contributed by atoms with E-state index >= 15 is 0 Å².